The predicted octanol–water partition coefficient (Wildman–Crippen LogP) is 3.17. The molecular formula is C14H13ClN2O. The molecule has 1 N–H and O–H groups in total. The van der Waals surface area contributed by atoms with Gasteiger partial charge in [-0.15, -0.1) is 0 Å². The van der Waals surface area contributed by atoms with Crippen molar-refractivity contribution in [1.82, 2.24) is 10.3 Å². The van der Waals surface area contributed by atoms with Crippen molar-refractivity contribution in [2.24, 2.45) is 0 Å². The van der Waals surface area contributed by atoms with Gasteiger partial charge >= 0.3 is 0 Å². The third kappa shape index (κ3) is 2.06. The van der Waals surface area contributed by atoms with E-state index in [9.17, 15) is 4.79 Å². The minimum Gasteiger partial charge on any atom is -0.346 e. The van der Waals surface area contributed by atoms with Crippen molar-refractivity contribution in [3.8, 4) is 0 Å². The molecule has 0 unspecified atom stereocenters. The SMILES string of the molecule is CC1(NC(=O)c2cc3ccccc3c(Cl)n2)CC1. The van der Waals surface area contributed by atoms with E-state index in [4.69, 9.17) is 11.6 Å². The number of fused-ring (bicyclic) bond motifs is 1. The molecule has 1 aromatic heterocycles. The van der Waals surface area contributed by atoms with Crippen LogP contribution in [-0.4, -0.2) is 16.4 Å². The Kier molecular flexibility index (Phi) is 2.52. The molecule has 1 amide bonds. The molecule has 1 saturated carbocycles. The second-order valence-corrected chi connectivity index (χ2v) is 5.39. The summed E-state index contributed by atoms with van der Waals surface area (Å²) in [5.74, 6) is -0.150. The van der Waals surface area contributed by atoms with Crippen LogP contribution >= 0.6 is 11.6 Å². The molecule has 3 rings (SSSR count). The molecule has 0 atom stereocenters. The van der Waals surface area contributed by atoms with Gasteiger partial charge in [-0.2, -0.15) is 0 Å². The molecule has 0 saturated heterocycles. The summed E-state index contributed by atoms with van der Waals surface area (Å²) < 4.78 is 0. The average Bonchev–Trinajstić information content (AvgIpc) is 3.06. The second kappa shape index (κ2) is 3.95. The number of benzene rings is 1. The molecule has 0 bridgehead atoms. The molecular weight excluding hydrogens is 248 g/mol. The maximum absolute atomic E-state index is 12.1. The lowest BCUT2D eigenvalue weighted by Crippen LogP contribution is -2.34. The molecule has 4 heteroatoms. The largest absolute Gasteiger partial charge is 0.346 e. The van der Waals surface area contributed by atoms with Gasteiger partial charge < -0.3 is 5.32 Å². The van der Waals surface area contributed by atoms with E-state index < -0.39 is 0 Å². The summed E-state index contributed by atoms with van der Waals surface area (Å²) in [5, 5.41) is 5.16. The topological polar surface area (TPSA) is 42.0 Å². The van der Waals surface area contributed by atoms with Crippen molar-refractivity contribution in [2.45, 2.75) is 25.3 Å². The van der Waals surface area contributed by atoms with Gasteiger partial charge in [0.1, 0.15) is 10.8 Å². The van der Waals surface area contributed by atoms with E-state index in [1.165, 1.54) is 0 Å². The van der Waals surface area contributed by atoms with Crippen LogP contribution in [-0.2, 0) is 0 Å². The van der Waals surface area contributed by atoms with Crippen LogP contribution in [0.5, 0.6) is 0 Å². The van der Waals surface area contributed by atoms with Crippen LogP contribution < -0.4 is 5.32 Å². The molecule has 0 aliphatic heterocycles. The Morgan fingerprint density at radius 3 is 2.83 bits per heavy atom. The highest BCUT2D eigenvalue weighted by molar-refractivity contribution is 6.34. The van der Waals surface area contributed by atoms with Gasteiger partial charge in [0.2, 0.25) is 0 Å². The van der Waals surface area contributed by atoms with Crippen LogP contribution in [0.3, 0.4) is 0 Å². The van der Waals surface area contributed by atoms with Crippen molar-refractivity contribution in [3.05, 3.63) is 41.2 Å². The number of nitrogens with one attached hydrogen (secondary N) is 1. The van der Waals surface area contributed by atoms with Crippen LogP contribution in [0.4, 0.5) is 0 Å². The number of carbonyl (C=O) groups is 1. The maximum Gasteiger partial charge on any atom is 0.270 e. The first kappa shape index (κ1) is 11.5. The lowest BCUT2D eigenvalue weighted by Gasteiger charge is -2.11. The molecule has 1 aromatic carbocycles. The Labute approximate surface area is 110 Å². The van der Waals surface area contributed by atoms with E-state index in [1.54, 1.807) is 6.07 Å². The zero-order chi connectivity index (χ0) is 12.8. The molecule has 2 aromatic rings. The Morgan fingerprint density at radius 2 is 2.11 bits per heavy atom. The molecule has 0 radical (unpaired) electrons. The third-order valence-electron chi connectivity index (χ3n) is 3.34. The molecule has 92 valence electrons. The van der Waals surface area contributed by atoms with E-state index in [-0.39, 0.29) is 11.4 Å². The molecule has 1 aliphatic rings. The minimum absolute atomic E-state index is 0.0448. The summed E-state index contributed by atoms with van der Waals surface area (Å²) in [6.07, 6.45) is 2.06. The molecule has 1 fully saturated rings. The van der Waals surface area contributed by atoms with Crippen molar-refractivity contribution < 1.29 is 4.79 Å². The fraction of sp³-hybridized carbons (Fsp3) is 0.286. The van der Waals surface area contributed by atoms with Crippen LogP contribution in [0.1, 0.15) is 30.3 Å². The van der Waals surface area contributed by atoms with Gasteiger partial charge in [-0.3, -0.25) is 4.79 Å². The van der Waals surface area contributed by atoms with Gasteiger partial charge in [0.25, 0.3) is 5.91 Å². The molecule has 3 nitrogen and oxygen atoms in total. The Balaban J connectivity index is 1.99. The number of halogens is 1. The number of aromatic nitrogens is 1. The summed E-state index contributed by atoms with van der Waals surface area (Å²) in [4.78, 5) is 16.2. The zero-order valence-corrected chi connectivity index (χ0v) is 10.8. The van der Waals surface area contributed by atoms with Gasteiger partial charge in [-0.25, -0.2) is 4.98 Å². The van der Waals surface area contributed by atoms with Gasteiger partial charge in [0, 0.05) is 10.9 Å². The highest BCUT2D eigenvalue weighted by atomic mass is 35.5. The molecule has 1 heterocycles. The zero-order valence-electron chi connectivity index (χ0n) is 10.0. The Hall–Kier alpha value is -1.61. The number of hydrogen-bond donors (Lipinski definition) is 1. The normalized spacial score (nSPS) is 16.6. The lowest BCUT2D eigenvalue weighted by atomic mass is 10.1. The lowest BCUT2D eigenvalue weighted by molar-refractivity contribution is 0.0930. The number of carbonyl (C=O) groups excluding carboxylic acids is 1. The van der Waals surface area contributed by atoms with Gasteiger partial charge in [0.15, 0.2) is 0 Å². The Morgan fingerprint density at radius 1 is 1.39 bits per heavy atom. The van der Waals surface area contributed by atoms with Crippen molar-refractivity contribution in [2.75, 3.05) is 0 Å². The monoisotopic (exact) mass is 260 g/mol. The van der Waals surface area contributed by atoms with Crippen LogP contribution in [0.25, 0.3) is 10.8 Å². The number of amides is 1. The summed E-state index contributed by atoms with van der Waals surface area (Å²) in [6.45, 7) is 2.04. The number of rotatable bonds is 2. The summed E-state index contributed by atoms with van der Waals surface area (Å²) >= 11 is 6.10. The standard InChI is InChI=1S/C14H13ClN2O/c1-14(6-7-14)17-13(18)11-8-9-4-2-3-5-10(9)12(15)16-11/h2-5,8H,6-7H2,1H3,(H,17,18). The average molecular weight is 261 g/mol. The van der Waals surface area contributed by atoms with Crippen LogP contribution in [0, 0.1) is 0 Å². The first-order chi connectivity index (χ1) is 8.57. The van der Waals surface area contributed by atoms with Crippen LogP contribution in [0.15, 0.2) is 30.3 Å². The fourth-order valence-electron chi connectivity index (χ4n) is 1.92. The quantitative estimate of drug-likeness (QED) is 0.843. The van der Waals surface area contributed by atoms with Crippen molar-refractivity contribution >= 4 is 28.3 Å². The minimum atomic E-state index is -0.150. The number of pyridine rings is 1. The fourth-order valence-corrected chi connectivity index (χ4v) is 2.19. The Bertz CT molecular complexity index is 635. The highest BCUT2D eigenvalue weighted by Crippen LogP contribution is 2.34. The van der Waals surface area contributed by atoms with Crippen LogP contribution in [0.2, 0.25) is 5.15 Å². The molecule has 0 spiro atoms. The van der Waals surface area contributed by atoms with E-state index >= 15 is 0 Å². The second-order valence-electron chi connectivity index (χ2n) is 5.03. The molecule has 18 heavy (non-hydrogen) atoms. The third-order valence-corrected chi connectivity index (χ3v) is 3.63. The number of nitrogens with zero attached hydrogens (tertiary/aromatic N) is 1. The summed E-state index contributed by atoms with van der Waals surface area (Å²) in [5.41, 5.74) is 0.337. The highest BCUT2D eigenvalue weighted by Gasteiger charge is 2.39. The smallest absolute Gasteiger partial charge is 0.270 e. The number of hydrogen-bond acceptors (Lipinski definition) is 2. The van der Waals surface area contributed by atoms with Crippen molar-refractivity contribution in [1.29, 1.82) is 0 Å². The van der Waals surface area contributed by atoms with Gasteiger partial charge in [0.05, 0.1) is 0 Å². The van der Waals surface area contributed by atoms with Gasteiger partial charge in [-0.05, 0) is 31.2 Å². The summed E-state index contributed by atoms with van der Waals surface area (Å²) in [6, 6.07) is 9.43. The van der Waals surface area contributed by atoms with E-state index in [1.807, 2.05) is 31.2 Å². The first-order valence-corrected chi connectivity index (χ1v) is 6.33. The van der Waals surface area contributed by atoms with E-state index in [2.05, 4.69) is 10.3 Å². The molecule has 1 aliphatic carbocycles. The summed E-state index contributed by atoms with van der Waals surface area (Å²) in [7, 11) is 0. The first-order valence-electron chi connectivity index (χ1n) is 5.95. The predicted molar refractivity (Wildman–Crippen MR) is 71.9 cm³/mol. The van der Waals surface area contributed by atoms with Crippen molar-refractivity contribution in [3.63, 3.8) is 0 Å². The maximum atomic E-state index is 12.1. The van der Waals surface area contributed by atoms with Gasteiger partial charge in [-0.1, -0.05) is 35.9 Å². The van der Waals surface area contributed by atoms with E-state index in [0.717, 1.165) is 23.6 Å². The van der Waals surface area contributed by atoms with E-state index in [0.29, 0.717) is 10.8 Å².